The second-order valence-corrected chi connectivity index (χ2v) is 7.43. The van der Waals surface area contributed by atoms with Crippen molar-refractivity contribution in [2.24, 2.45) is 35.5 Å². The van der Waals surface area contributed by atoms with Crippen molar-refractivity contribution in [2.45, 2.75) is 64.2 Å². The van der Waals surface area contributed by atoms with Crippen LogP contribution in [0.2, 0.25) is 0 Å². The second kappa shape index (κ2) is 4.35. The fourth-order valence-corrected chi connectivity index (χ4v) is 6.15. The molecule has 18 heavy (non-hydrogen) atoms. The summed E-state index contributed by atoms with van der Waals surface area (Å²) in [6.07, 6.45) is 13.8. The van der Waals surface area contributed by atoms with Crippen molar-refractivity contribution in [1.29, 1.82) is 0 Å². The van der Waals surface area contributed by atoms with E-state index in [-0.39, 0.29) is 0 Å². The summed E-state index contributed by atoms with van der Waals surface area (Å²) >= 11 is 0. The van der Waals surface area contributed by atoms with E-state index in [4.69, 9.17) is 0 Å². The van der Waals surface area contributed by atoms with Gasteiger partial charge in [0.2, 0.25) is 0 Å². The van der Waals surface area contributed by atoms with Crippen LogP contribution in [0.25, 0.3) is 0 Å². The van der Waals surface area contributed by atoms with Gasteiger partial charge in [0.1, 0.15) is 5.78 Å². The number of Topliss-reactive ketones (excluding diaryl/α,β-unsaturated/α-hetero) is 1. The minimum Gasteiger partial charge on any atom is -0.299 e. The lowest BCUT2D eigenvalue weighted by atomic mass is 9.61. The van der Waals surface area contributed by atoms with Gasteiger partial charge >= 0.3 is 0 Å². The summed E-state index contributed by atoms with van der Waals surface area (Å²) in [6.45, 7) is 0. The minimum absolute atomic E-state index is 0.495. The molecule has 0 spiro atoms. The predicted molar refractivity (Wildman–Crippen MR) is 72.1 cm³/mol. The normalized spacial score (nSPS) is 51.4. The number of fused-ring (bicyclic) bond motifs is 5. The Morgan fingerprint density at radius 1 is 0.667 bits per heavy atom. The van der Waals surface area contributed by atoms with E-state index >= 15 is 0 Å². The second-order valence-electron chi connectivity index (χ2n) is 7.43. The average Bonchev–Trinajstić information content (AvgIpc) is 2.73. The maximum Gasteiger partial charge on any atom is 0.139 e. The Labute approximate surface area is 111 Å². The maximum absolute atomic E-state index is 12.8. The topological polar surface area (TPSA) is 17.1 Å². The molecule has 0 heterocycles. The molecule has 4 aliphatic rings. The highest BCUT2D eigenvalue weighted by atomic mass is 16.1. The van der Waals surface area contributed by atoms with Crippen LogP contribution in [-0.2, 0) is 4.79 Å². The van der Waals surface area contributed by atoms with E-state index in [1.807, 2.05) is 0 Å². The Hall–Kier alpha value is -0.330. The third-order valence-electron chi connectivity index (χ3n) is 6.82. The quantitative estimate of drug-likeness (QED) is 0.626. The SMILES string of the molecule is O=C1C2CCCCC2C2CCC3CCCCC3C12. The molecule has 0 radical (unpaired) electrons. The van der Waals surface area contributed by atoms with E-state index < -0.39 is 0 Å². The molecule has 1 heteroatoms. The van der Waals surface area contributed by atoms with E-state index in [0.717, 1.165) is 29.5 Å². The van der Waals surface area contributed by atoms with E-state index in [9.17, 15) is 4.79 Å². The van der Waals surface area contributed by atoms with Crippen LogP contribution >= 0.6 is 0 Å². The Morgan fingerprint density at radius 2 is 1.39 bits per heavy atom. The van der Waals surface area contributed by atoms with Gasteiger partial charge in [-0.1, -0.05) is 32.1 Å². The van der Waals surface area contributed by atoms with Crippen molar-refractivity contribution in [2.75, 3.05) is 0 Å². The van der Waals surface area contributed by atoms with E-state index in [1.165, 1.54) is 64.2 Å². The molecule has 0 amide bonds. The summed E-state index contributed by atoms with van der Waals surface area (Å²) in [4.78, 5) is 12.8. The highest BCUT2D eigenvalue weighted by Crippen LogP contribution is 2.57. The van der Waals surface area contributed by atoms with E-state index in [0.29, 0.717) is 11.8 Å². The van der Waals surface area contributed by atoms with Gasteiger partial charge < -0.3 is 0 Å². The lowest BCUT2D eigenvalue weighted by Crippen LogP contribution is -2.38. The third-order valence-corrected chi connectivity index (χ3v) is 6.82. The van der Waals surface area contributed by atoms with Crippen molar-refractivity contribution < 1.29 is 4.79 Å². The molecule has 0 aromatic carbocycles. The summed E-state index contributed by atoms with van der Waals surface area (Å²) in [5, 5.41) is 0. The first kappa shape index (κ1) is 11.5. The van der Waals surface area contributed by atoms with Gasteiger partial charge in [-0.05, 0) is 55.8 Å². The van der Waals surface area contributed by atoms with Gasteiger partial charge in [-0.3, -0.25) is 4.79 Å². The summed E-state index contributed by atoms with van der Waals surface area (Å²) in [7, 11) is 0. The van der Waals surface area contributed by atoms with Gasteiger partial charge in [-0.25, -0.2) is 0 Å². The molecule has 0 N–H and O–H groups in total. The summed E-state index contributed by atoms with van der Waals surface area (Å²) in [6, 6.07) is 0. The summed E-state index contributed by atoms with van der Waals surface area (Å²) in [5.41, 5.74) is 0. The molecule has 4 rings (SSSR count). The van der Waals surface area contributed by atoms with Crippen LogP contribution in [0.3, 0.4) is 0 Å². The molecule has 6 unspecified atom stereocenters. The van der Waals surface area contributed by atoms with Crippen molar-refractivity contribution in [3.05, 3.63) is 0 Å². The largest absolute Gasteiger partial charge is 0.299 e. The molecule has 4 fully saturated rings. The van der Waals surface area contributed by atoms with Gasteiger partial charge in [-0.15, -0.1) is 0 Å². The number of carbonyl (C=O) groups excluding carboxylic acids is 1. The fraction of sp³-hybridized carbons (Fsp3) is 0.941. The Bertz CT molecular complexity index is 348. The monoisotopic (exact) mass is 246 g/mol. The highest BCUT2D eigenvalue weighted by molar-refractivity contribution is 5.87. The van der Waals surface area contributed by atoms with Crippen molar-refractivity contribution in [3.63, 3.8) is 0 Å². The van der Waals surface area contributed by atoms with Gasteiger partial charge in [-0.2, -0.15) is 0 Å². The number of hydrogen-bond donors (Lipinski definition) is 0. The van der Waals surface area contributed by atoms with Gasteiger partial charge in [0.15, 0.2) is 0 Å². The van der Waals surface area contributed by atoms with Crippen LogP contribution < -0.4 is 0 Å². The molecule has 4 aliphatic carbocycles. The molecule has 0 aromatic heterocycles. The minimum atomic E-state index is 0.495. The molecule has 6 atom stereocenters. The standard InChI is InChI=1S/C17H26O/c18-17-15-8-4-3-7-13(15)14-10-9-11-5-1-2-6-12(11)16(14)17/h11-16H,1-10H2. The average molecular weight is 246 g/mol. The van der Waals surface area contributed by atoms with E-state index in [2.05, 4.69) is 0 Å². The maximum atomic E-state index is 12.8. The van der Waals surface area contributed by atoms with Crippen molar-refractivity contribution >= 4 is 5.78 Å². The van der Waals surface area contributed by atoms with Crippen LogP contribution in [0.15, 0.2) is 0 Å². The number of carbonyl (C=O) groups is 1. The van der Waals surface area contributed by atoms with Crippen LogP contribution in [-0.4, -0.2) is 5.78 Å². The zero-order chi connectivity index (χ0) is 12.1. The Morgan fingerprint density at radius 3 is 2.28 bits per heavy atom. The van der Waals surface area contributed by atoms with Crippen molar-refractivity contribution in [3.8, 4) is 0 Å². The molecule has 0 bridgehead atoms. The molecular formula is C17H26O. The van der Waals surface area contributed by atoms with E-state index in [1.54, 1.807) is 0 Å². The molecule has 4 saturated carbocycles. The molecule has 100 valence electrons. The van der Waals surface area contributed by atoms with Crippen LogP contribution in [0, 0.1) is 35.5 Å². The first-order valence-corrected chi connectivity index (χ1v) is 8.40. The molecule has 0 aliphatic heterocycles. The zero-order valence-electron chi connectivity index (χ0n) is 11.4. The van der Waals surface area contributed by atoms with Crippen LogP contribution in [0.1, 0.15) is 64.2 Å². The summed E-state index contributed by atoms with van der Waals surface area (Å²) < 4.78 is 0. The number of ketones is 1. The predicted octanol–water partition coefficient (Wildman–Crippen LogP) is 4.21. The highest BCUT2D eigenvalue weighted by Gasteiger charge is 2.55. The lowest BCUT2D eigenvalue weighted by molar-refractivity contribution is -0.128. The first-order valence-electron chi connectivity index (χ1n) is 8.40. The van der Waals surface area contributed by atoms with Gasteiger partial charge in [0.25, 0.3) is 0 Å². The lowest BCUT2D eigenvalue weighted by Gasteiger charge is -2.43. The van der Waals surface area contributed by atoms with Gasteiger partial charge in [0, 0.05) is 11.8 Å². The van der Waals surface area contributed by atoms with Gasteiger partial charge in [0.05, 0.1) is 0 Å². The number of hydrogen-bond acceptors (Lipinski definition) is 1. The van der Waals surface area contributed by atoms with Crippen molar-refractivity contribution in [1.82, 2.24) is 0 Å². The third kappa shape index (κ3) is 1.55. The zero-order valence-corrected chi connectivity index (χ0v) is 11.4. The fourth-order valence-electron chi connectivity index (χ4n) is 6.15. The Balaban J connectivity index is 1.64. The molecule has 0 aromatic rings. The molecule has 1 nitrogen and oxygen atoms in total. The Kier molecular flexibility index (Phi) is 2.78. The van der Waals surface area contributed by atoms with Crippen LogP contribution in [0.5, 0.6) is 0 Å². The number of rotatable bonds is 0. The molecular weight excluding hydrogens is 220 g/mol. The van der Waals surface area contributed by atoms with Crippen LogP contribution in [0.4, 0.5) is 0 Å². The smallest absolute Gasteiger partial charge is 0.139 e. The summed E-state index contributed by atoms with van der Waals surface area (Å²) in [5.74, 6) is 5.06. The molecule has 0 saturated heterocycles. The first-order chi connectivity index (χ1) is 8.86.